The Kier molecular flexibility index (Phi) is 6.12. The highest BCUT2D eigenvalue weighted by Gasteiger charge is 2.84. The molecule has 4 saturated carbocycles. The summed E-state index contributed by atoms with van der Waals surface area (Å²) in [6.07, 6.45) is 8.08. The summed E-state index contributed by atoms with van der Waals surface area (Å²) in [7, 11) is 0. The van der Waals surface area contributed by atoms with Gasteiger partial charge in [0, 0.05) is 34.0 Å². The second-order valence-electron chi connectivity index (χ2n) is 19.2. The van der Waals surface area contributed by atoms with Gasteiger partial charge in [0.2, 0.25) is 0 Å². The molecule has 6 atom stereocenters. The third kappa shape index (κ3) is 3.83. The Morgan fingerprint density at radius 3 is 2.17 bits per heavy atom. The number of fused-ring (bicyclic) bond motifs is 9. The van der Waals surface area contributed by atoms with Crippen LogP contribution in [0, 0.1) is 29.1 Å². The smallest absolute Gasteiger partial charge is 0.133 e. The summed E-state index contributed by atoms with van der Waals surface area (Å²) < 4.78 is 7.04. The first-order valence-electron chi connectivity index (χ1n) is 20.6. The van der Waals surface area contributed by atoms with Crippen LogP contribution in [0.5, 0.6) is 11.5 Å². The van der Waals surface area contributed by atoms with Gasteiger partial charge in [-0.1, -0.05) is 119 Å². The molecule has 2 spiro atoms. The fourth-order valence-corrected chi connectivity index (χ4v) is 13.8. The Hall–Kier alpha value is -4.82. The molecule has 5 unspecified atom stereocenters. The van der Waals surface area contributed by atoms with Crippen molar-refractivity contribution in [2.75, 3.05) is 4.90 Å². The molecule has 6 aromatic carbocycles. The predicted octanol–water partition coefficient (Wildman–Crippen LogP) is 13.8. The van der Waals surface area contributed by atoms with Gasteiger partial charge >= 0.3 is 0 Å². The molecule has 0 N–H and O–H groups in total. The molecule has 5 aliphatic carbocycles. The second-order valence-corrected chi connectivity index (χ2v) is 19.2. The van der Waals surface area contributed by atoms with Gasteiger partial charge in [-0.15, -0.1) is 0 Å². The molecule has 2 bridgehead atoms. The van der Waals surface area contributed by atoms with Crippen LogP contribution in [0.1, 0.15) is 88.5 Å². The van der Waals surface area contributed by atoms with E-state index < -0.39 is 0 Å². The summed E-state index contributed by atoms with van der Waals surface area (Å²) in [5.41, 5.74) is 12.8. The van der Waals surface area contributed by atoms with Crippen molar-refractivity contribution in [3.05, 3.63) is 150 Å². The highest BCUT2D eigenvalue weighted by atomic mass is 16.5. The van der Waals surface area contributed by atoms with Crippen LogP contribution in [0.2, 0.25) is 0 Å². The van der Waals surface area contributed by atoms with Gasteiger partial charge in [-0.05, 0) is 142 Å². The highest BCUT2D eigenvalue weighted by Crippen LogP contribution is 2.89. The summed E-state index contributed by atoms with van der Waals surface area (Å²) in [5, 5.41) is 2.56. The van der Waals surface area contributed by atoms with Crippen LogP contribution in [0.4, 0.5) is 17.1 Å². The molecule has 0 radical (unpaired) electrons. The lowest BCUT2D eigenvalue weighted by molar-refractivity contribution is -0.235. The molecule has 2 heteroatoms. The molecule has 54 heavy (non-hydrogen) atoms. The topological polar surface area (TPSA) is 12.5 Å². The monoisotopic (exact) mass is 703 g/mol. The van der Waals surface area contributed by atoms with E-state index in [9.17, 15) is 0 Å². The van der Waals surface area contributed by atoms with E-state index in [0.717, 1.165) is 41.6 Å². The summed E-state index contributed by atoms with van der Waals surface area (Å²) in [6.45, 7) is 9.78. The van der Waals surface area contributed by atoms with Gasteiger partial charge in [0.15, 0.2) is 0 Å². The zero-order valence-corrected chi connectivity index (χ0v) is 32.0. The van der Waals surface area contributed by atoms with Gasteiger partial charge in [0.25, 0.3) is 0 Å². The molecule has 1 aliphatic heterocycles. The SMILES string of the molecule is CC1(C)CCC(C)(C)c2c(N(c3ccc(-c4cccc5ccccc45)cc3)c3ccc4c(c3)Oc3ccccc3C43C4CC5C[C@H]6CC3C46C5)cccc21. The molecule has 0 saturated heterocycles. The highest BCUT2D eigenvalue weighted by molar-refractivity contribution is 5.97. The van der Waals surface area contributed by atoms with E-state index in [1.54, 1.807) is 0 Å². The molecule has 12 rings (SSSR count). The van der Waals surface area contributed by atoms with Crippen molar-refractivity contribution in [3.63, 3.8) is 0 Å². The van der Waals surface area contributed by atoms with Crippen molar-refractivity contribution in [2.24, 2.45) is 29.1 Å². The Balaban J connectivity index is 1.04. The molecule has 268 valence electrons. The molecule has 2 nitrogen and oxygen atoms in total. The van der Waals surface area contributed by atoms with Crippen LogP contribution in [0.15, 0.2) is 127 Å². The van der Waals surface area contributed by atoms with Crippen molar-refractivity contribution in [1.29, 1.82) is 0 Å². The number of nitrogens with zero attached hydrogens (tertiary/aromatic N) is 1. The first kappa shape index (κ1) is 31.5. The van der Waals surface area contributed by atoms with Crippen LogP contribution >= 0.6 is 0 Å². The van der Waals surface area contributed by atoms with Crippen LogP contribution in [-0.4, -0.2) is 0 Å². The maximum atomic E-state index is 7.04. The minimum atomic E-state index is 0.0408. The largest absolute Gasteiger partial charge is 0.457 e. The van der Waals surface area contributed by atoms with E-state index >= 15 is 0 Å². The minimum Gasteiger partial charge on any atom is -0.457 e. The molecular formula is C52H49NO. The van der Waals surface area contributed by atoms with Crippen LogP contribution in [-0.2, 0) is 16.2 Å². The third-order valence-corrected chi connectivity index (χ3v) is 16.0. The molecule has 6 aliphatic rings. The minimum absolute atomic E-state index is 0.0408. The average molecular weight is 704 g/mol. The quantitative estimate of drug-likeness (QED) is 0.181. The maximum absolute atomic E-state index is 7.04. The van der Waals surface area contributed by atoms with Gasteiger partial charge < -0.3 is 9.64 Å². The summed E-state index contributed by atoms with van der Waals surface area (Å²) in [6, 6.07) is 48.2. The van der Waals surface area contributed by atoms with E-state index in [1.807, 2.05) is 0 Å². The Morgan fingerprint density at radius 2 is 1.30 bits per heavy atom. The predicted molar refractivity (Wildman–Crippen MR) is 222 cm³/mol. The van der Waals surface area contributed by atoms with Gasteiger partial charge in [0.05, 0.1) is 5.69 Å². The Morgan fingerprint density at radius 1 is 0.593 bits per heavy atom. The van der Waals surface area contributed by atoms with Crippen molar-refractivity contribution in [2.45, 2.75) is 82.5 Å². The van der Waals surface area contributed by atoms with Crippen molar-refractivity contribution in [1.82, 2.24) is 0 Å². The van der Waals surface area contributed by atoms with E-state index in [1.165, 1.54) is 93.3 Å². The summed E-state index contributed by atoms with van der Waals surface area (Å²) in [4.78, 5) is 2.55. The molecule has 6 aromatic rings. The third-order valence-electron chi connectivity index (χ3n) is 16.0. The fourth-order valence-electron chi connectivity index (χ4n) is 13.8. The van der Waals surface area contributed by atoms with Crippen molar-refractivity contribution >= 4 is 27.8 Å². The summed E-state index contributed by atoms with van der Waals surface area (Å²) in [5.74, 6) is 5.50. The molecule has 4 fully saturated rings. The Bertz CT molecular complexity index is 2540. The molecule has 0 aromatic heterocycles. The molecule has 0 amide bonds. The lowest BCUT2D eigenvalue weighted by Gasteiger charge is -2.77. The lowest BCUT2D eigenvalue weighted by Crippen LogP contribution is -2.74. The molecular weight excluding hydrogens is 655 g/mol. The van der Waals surface area contributed by atoms with Crippen LogP contribution < -0.4 is 9.64 Å². The van der Waals surface area contributed by atoms with E-state index in [2.05, 4.69) is 160 Å². The summed E-state index contributed by atoms with van der Waals surface area (Å²) >= 11 is 0. The molecule has 1 heterocycles. The van der Waals surface area contributed by atoms with Crippen molar-refractivity contribution in [3.8, 4) is 22.6 Å². The van der Waals surface area contributed by atoms with Gasteiger partial charge in [0.1, 0.15) is 11.5 Å². The zero-order chi connectivity index (χ0) is 36.2. The number of hydrogen-bond acceptors (Lipinski definition) is 2. The lowest BCUT2D eigenvalue weighted by atomic mass is 9.26. The van der Waals surface area contributed by atoms with Crippen LogP contribution in [0.3, 0.4) is 0 Å². The standard InChI is InChI=1S/C52H49NO/c1-49(2)25-26-50(3,4)48-42(49)16-10-17-43(48)53(36-21-19-34(20-22-36)39-14-9-12-33-11-5-6-13-38(33)39)37-23-24-41-45(30-37)54-44-18-8-7-15-40(44)52(41)46-28-32-27-35-29-47(52)51(35,46)31-32/h5-24,30,32,35,46-47H,25-29,31H2,1-4H3/t32?,35-,46?,47?,51?,52?/m0/s1. The number of anilines is 3. The van der Waals surface area contributed by atoms with E-state index in [0.29, 0.717) is 5.41 Å². The number of rotatable bonds is 4. The van der Waals surface area contributed by atoms with Gasteiger partial charge in [-0.3, -0.25) is 0 Å². The zero-order valence-electron chi connectivity index (χ0n) is 32.0. The van der Waals surface area contributed by atoms with Crippen LogP contribution in [0.25, 0.3) is 21.9 Å². The Labute approximate surface area is 320 Å². The van der Waals surface area contributed by atoms with Crippen molar-refractivity contribution < 1.29 is 4.74 Å². The first-order chi connectivity index (χ1) is 26.2. The number of ether oxygens (including phenoxy) is 1. The normalized spacial score (nSPS) is 29.6. The average Bonchev–Trinajstić information content (AvgIpc) is 3.72. The second kappa shape index (κ2) is 10.5. The first-order valence-corrected chi connectivity index (χ1v) is 20.6. The fraction of sp³-hybridized carbons (Fsp3) is 0.346. The van der Waals surface area contributed by atoms with E-state index in [4.69, 9.17) is 4.74 Å². The number of benzene rings is 6. The van der Waals surface area contributed by atoms with E-state index in [-0.39, 0.29) is 16.2 Å². The number of para-hydroxylation sites is 1. The van der Waals surface area contributed by atoms with Gasteiger partial charge in [-0.25, -0.2) is 0 Å². The maximum Gasteiger partial charge on any atom is 0.133 e. The van der Waals surface area contributed by atoms with Gasteiger partial charge in [-0.2, -0.15) is 0 Å². The number of hydrogen-bond donors (Lipinski definition) is 0.